The van der Waals surface area contributed by atoms with Crippen LogP contribution in [0.3, 0.4) is 0 Å². The van der Waals surface area contributed by atoms with Crippen LogP contribution in [0.4, 0.5) is 5.82 Å². The Morgan fingerprint density at radius 3 is 2.87 bits per heavy atom. The number of rotatable bonds is 3. The summed E-state index contributed by atoms with van der Waals surface area (Å²) in [6, 6.07) is 8.14. The second-order valence-corrected chi connectivity index (χ2v) is 6.34. The summed E-state index contributed by atoms with van der Waals surface area (Å²) in [5.74, 6) is 1.51. The number of imidazole rings is 1. The molecule has 6 heteroatoms. The van der Waals surface area contributed by atoms with Crippen molar-refractivity contribution in [3.63, 3.8) is 0 Å². The first-order chi connectivity index (χ1) is 11.3. The maximum Gasteiger partial charge on any atom is 0.169 e. The molecular formula is C17H21N5O. The van der Waals surface area contributed by atoms with E-state index >= 15 is 0 Å². The van der Waals surface area contributed by atoms with Crippen molar-refractivity contribution in [1.29, 1.82) is 5.26 Å². The third kappa shape index (κ3) is 2.78. The zero-order chi connectivity index (χ0) is 15.6. The minimum absolute atomic E-state index is 0.637. The summed E-state index contributed by atoms with van der Waals surface area (Å²) in [6.45, 7) is 6.84. The topological polar surface area (TPSA) is 56.8 Å². The van der Waals surface area contributed by atoms with E-state index in [0.717, 1.165) is 57.4 Å². The number of aromatic nitrogens is 2. The number of hydrogen-bond donors (Lipinski definition) is 0. The number of fused-ring (bicyclic) bond motifs is 1. The minimum atomic E-state index is 0.637. The standard InChI is InChI=1S/C17H21N5O/c18-11-15-17(19-16-3-1-2-5-22(15)16)21-8-6-20(7-9-21)12-14-4-10-23-13-14/h1-3,5,14H,4,6-10,12-13H2/t14-/m1/s1. The van der Waals surface area contributed by atoms with Crippen LogP contribution in [0.2, 0.25) is 0 Å². The quantitative estimate of drug-likeness (QED) is 0.857. The van der Waals surface area contributed by atoms with Crippen LogP contribution in [0.5, 0.6) is 0 Å². The van der Waals surface area contributed by atoms with Crippen molar-refractivity contribution in [3.05, 3.63) is 30.1 Å². The highest BCUT2D eigenvalue weighted by atomic mass is 16.5. The van der Waals surface area contributed by atoms with Gasteiger partial charge in [-0.1, -0.05) is 6.07 Å². The lowest BCUT2D eigenvalue weighted by molar-refractivity contribution is 0.164. The first kappa shape index (κ1) is 14.5. The van der Waals surface area contributed by atoms with E-state index in [-0.39, 0.29) is 0 Å². The monoisotopic (exact) mass is 311 g/mol. The van der Waals surface area contributed by atoms with Crippen LogP contribution < -0.4 is 4.90 Å². The predicted octanol–water partition coefficient (Wildman–Crippen LogP) is 1.36. The lowest BCUT2D eigenvalue weighted by atomic mass is 10.1. The van der Waals surface area contributed by atoms with E-state index in [0.29, 0.717) is 11.6 Å². The Morgan fingerprint density at radius 2 is 2.13 bits per heavy atom. The van der Waals surface area contributed by atoms with Gasteiger partial charge in [-0.15, -0.1) is 0 Å². The Labute approximate surface area is 135 Å². The molecule has 0 spiro atoms. The molecule has 1 atom stereocenters. The van der Waals surface area contributed by atoms with E-state index < -0.39 is 0 Å². The number of ether oxygens (including phenoxy) is 1. The van der Waals surface area contributed by atoms with Gasteiger partial charge in [0, 0.05) is 45.5 Å². The van der Waals surface area contributed by atoms with Crippen molar-refractivity contribution in [3.8, 4) is 6.07 Å². The highest BCUT2D eigenvalue weighted by Gasteiger charge is 2.25. The van der Waals surface area contributed by atoms with Crippen LogP contribution in [0.25, 0.3) is 5.65 Å². The third-order valence-corrected chi connectivity index (χ3v) is 4.83. The van der Waals surface area contributed by atoms with Crippen LogP contribution in [-0.4, -0.2) is 60.2 Å². The normalized spacial score (nSPS) is 22.6. The molecule has 0 amide bonds. The van der Waals surface area contributed by atoms with Crippen molar-refractivity contribution in [2.75, 3.05) is 50.8 Å². The molecule has 0 aromatic carbocycles. The van der Waals surface area contributed by atoms with Crippen molar-refractivity contribution < 1.29 is 4.74 Å². The molecule has 2 aliphatic rings. The molecule has 0 radical (unpaired) electrons. The molecule has 4 rings (SSSR count). The number of nitrogens with zero attached hydrogens (tertiary/aromatic N) is 5. The highest BCUT2D eigenvalue weighted by Crippen LogP contribution is 2.23. The van der Waals surface area contributed by atoms with Crippen LogP contribution in [0.1, 0.15) is 12.1 Å². The fourth-order valence-corrected chi connectivity index (χ4v) is 3.54. The lowest BCUT2D eigenvalue weighted by Crippen LogP contribution is -2.48. The molecular weight excluding hydrogens is 290 g/mol. The fourth-order valence-electron chi connectivity index (χ4n) is 3.54. The summed E-state index contributed by atoms with van der Waals surface area (Å²) in [5, 5.41) is 9.52. The lowest BCUT2D eigenvalue weighted by Gasteiger charge is -2.36. The molecule has 0 bridgehead atoms. The molecule has 4 heterocycles. The van der Waals surface area contributed by atoms with Crippen molar-refractivity contribution in [2.24, 2.45) is 5.92 Å². The smallest absolute Gasteiger partial charge is 0.169 e. The number of piperazine rings is 1. The van der Waals surface area contributed by atoms with E-state index in [1.165, 1.54) is 6.42 Å². The van der Waals surface area contributed by atoms with E-state index in [9.17, 15) is 5.26 Å². The highest BCUT2D eigenvalue weighted by molar-refractivity contribution is 5.60. The van der Waals surface area contributed by atoms with Crippen LogP contribution in [-0.2, 0) is 4.74 Å². The van der Waals surface area contributed by atoms with Crippen LogP contribution in [0, 0.1) is 17.2 Å². The van der Waals surface area contributed by atoms with Gasteiger partial charge in [0.1, 0.15) is 11.7 Å². The summed E-state index contributed by atoms with van der Waals surface area (Å²) < 4.78 is 7.34. The first-order valence-electron chi connectivity index (χ1n) is 8.27. The molecule has 0 unspecified atom stereocenters. The molecule has 2 aliphatic heterocycles. The SMILES string of the molecule is N#Cc1c(N2CCN(C[C@H]3CCOC3)CC2)nc2ccccn12. The van der Waals surface area contributed by atoms with Crippen molar-refractivity contribution in [1.82, 2.24) is 14.3 Å². The van der Waals surface area contributed by atoms with Gasteiger partial charge in [0.2, 0.25) is 0 Å². The van der Waals surface area contributed by atoms with Crippen LogP contribution >= 0.6 is 0 Å². The van der Waals surface area contributed by atoms with E-state index in [1.54, 1.807) is 0 Å². The van der Waals surface area contributed by atoms with Crippen LogP contribution in [0.15, 0.2) is 24.4 Å². The first-order valence-corrected chi connectivity index (χ1v) is 8.27. The molecule has 120 valence electrons. The largest absolute Gasteiger partial charge is 0.381 e. The van der Waals surface area contributed by atoms with Gasteiger partial charge in [-0.3, -0.25) is 9.30 Å². The summed E-state index contributed by atoms with van der Waals surface area (Å²) in [5.41, 5.74) is 1.47. The number of anilines is 1. The predicted molar refractivity (Wildman–Crippen MR) is 87.5 cm³/mol. The summed E-state index contributed by atoms with van der Waals surface area (Å²) in [7, 11) is 0. The van der Waals surface area contributed by atoms with E-state index in [4.69, 9.17) is 4.74 Å². The van der Waals surface area contributed by atoms with Gasteiger partial charge in [-0.05, 0) is 24.5 Å². The van der Waals surface area contributed by atoms with Gasteiger partial charge in [0.15, 0.2) is 11.5 Å². The summed E-state index contributed by atoms with van der Waals surface area (Å²) in [4.78, 5) is 9.42. The second kappa shape index (κ2) is 6.19. The molecule has 0 N–H and O–H groups in total. The minimum Gasteiger partial charge on any atom is -0.381 e. The second-order valence-electron chi connectivity index (χ2n) is 6.34. The van der Waals surface area contributed by atoms with E-state index in [1.807, 2.05) is 28.8 Å². The Bertz CT molecular complexity index is 720. The van der Waals surface area contributed by atoms with Crippen molar-refractivity contribution in [2.45, 2.75) is 6.42 Å². The summed E-state index contributed by atoms with van der Waals surface area (Å²) in [6.07, 6.45) is 3.09. The number of nitriles is 1. The molecule has 2 aromatic heterocycles. The maximum absolute atomic E-state index is 9.52. The average Bonchev–Trinajstić information content (AvgIpc) is 3.22. The zero-order valence-electron chi connectivity index (χ0n) is 13.2. The molecule has 2 saturated heterocycles. The zero-order valence-corrected chi connectivity index (χ0v) is 13.2. The van der Waals surface area contributed by atoms with Gasteiger partial charge in [-0.25, -0.2) is 4.98 Å². The maximum atomic E-state index is 9.52. The Balaban J connectivity index is 1.47. The molecule has 6 nitrogen and oxygen atoms in total. The van der Waals surface area contributed by atoms with Gasteiger partial charge in [0.25, 0.3) is 0 Å². The number of hydrogen-bond acceptors (Lipinski definition) is 5. The fraction of sp³-hybridized carbons (Fsp3) is 0.529. The number of pyridine rings is 1. The Hall–Kier alpha value is -2.10. The van der Waals surface area contributed by atoms with Gasteiger partial charge >= 0.3 is 0 Å². The average molecular weight is 311 g/mol. The summed E-state index contributed by atoms with van der Waals surface area (Å²) >= 11 is 0. The molecule has 2 aromatic rings. The Kier molecular flexibility index (Phi) is 3.90. The molecule has 23 heavy (non-hydrogen) atoms. The molecule has 0 aliphatic carbocycles. The third-order valence-electron chi connectivity index (χ3n) is 4.83. The van der Waals surface area contributed by atoms with E-state index in [2.05, 4.69) is 20.9 Å². The molecule has 0 saturated carbocycles. The van der Waals surface area contributed by atoms with Gasteiger partial charge in [-0.2, -0.15) is 5.26 Å². The Morgan fingerprint density at radius 1 is 1.26 bits per heavy atom. The van der Waals surface area contributed by atoms with Crippen molar-refractivity contribution >= 4 is 11.5 Å². The van der Waals surface area contributed by atoms with Gasteiger partial charge < -0.3 is 9.64 Å². The molecule has 2 fully saturated rings. The van der Waals surface area contributed by atoms with Gasteiger partial charge in [0.05, 0.1) is 6.61 Å².